The smallest absolute Gasteiger partial charge is 0.122 e. The third-order valence-corrected chi connectivity index (χ3v) is 7.29. The first-order valence-electron chi connectivity index (χ1n) is 5.97. The molecule has 1 aliphatic heterocycles. The largest absolute Gasteiger partial charge is 0.493 e. The molecule has 0 saturated heterocycles. The number of benzene rings is 1. The maximum atomic E-state index is 6.13. The molecule has 100 valence electrons. The molecular weight excluding hydrogens is 411 g/mol. The van der Waals surface area contributed by atoms with E-state index in [-0.39, 0.29) is 4.83 Å². The lowest BCUT2D eigenvalue weighted by molar-refractivity contribution is 0.266. The Morgan fingerprint density at radius 1 is 1.37 bits per heavy atom. The Morgan fingerprint density at radius 2 is 2.16 bits per heavy atom. The first-order chi connectivity index (χ1) is 9.16. The molecule has 19 heavy (non-hydrogen) atoms. The SMILES string of the molecule is Clc1cc(C(Br)C2CCOc3ccccc32)sc1Br. The minimum atomic E-state index is 0.270. The number of hydrogen-bond donors (Lipinski definition) is 0. The van der Waals surface area contributed by atoms with Gasteiger partial charge >= 0.3 is 0 Å². The highest BCUT2D eigenvalue weighted by atomic mass is 79.9. The summed E-state index contributed by atoms with van der Waals surface area (Å²) in [6, 6.07) is 10.3. The first kappa shape index (κ1) is 13.9. The van der Waals surface area contributed by atoms with Crippen LogP contribution in [0.2, 0.25) is 5.02 Å². The number of halogens is 3. The summed E-state index contributed by atoms with van der Waals surface area (Å²) in [7, 11) is 0. The van der Waals surface area contributed by atoms with Crippen molar-refractivity contribution in [2.75, 3.05) is 6.61 Å². The average Bonchev–Trinajstić information content (AvgIpc) is 2.77. The van der Waals surface area contributed by atoms with E-state index in [9.17, 15) is 0 Å². The van der Waals surface area contributed by atoms with Crippen molar-refractivity contribution >= 4 is 54.8 Å². The normalized spacial score (nSPS) is 19.6. The van der Waals surface area contributed by atoms with Gasteiger partial charge in [-0.2, -0.15) is 0 Å². The van der Waals surface area contributed by atoms with E-state index in [4.69, 9.17) is 16.3 Å². The van der Waals surface area contributed by atoms with E-state index in [1.807, 2.05) is 18.2 Å². The highest BCUT2D eigenvalue weighted by molar-refractivity contribution is 9.11. The maximum Gasteiger partial charge on any atom is 0.122 e. The van der Waals surface area contributed by atoms with Crippen molar-refractivity contribution in [3.63, 3.8) is 0 Å². The molecule has 1 aliphatic rings. The molecular formula is C14H11Br2ClOS. The molecule has 0 aliphatic carbocycles. The molecule has 5 heteroatoms. The summed E-state index contributed by atoms with van der Waals surface area (Å²) in [6.45, 7) is 0.768. The molecule has 1 aromatic heterocycles. The topological polar surface area (TPSA) is 9.23 Å². The van der Waals surface area contributed by atoms with Crippen molar-refractivity contribution in [1.29, 1.82) is 0 Å². The van der Waals surface area contributed by atoms with Crippen molar-refractivity contribution in [2.45, 2.75) is 17.2 Å². The zero-order valence-electron chi connectivity index (χ0n) is 9.91. The number of rotatable bonds is 2. The van der Waals surface area contributed by atoms with Gasteiger partial charge in [0, 0.05) is 10.8 Å². The highest BCUT2D eigenvalue weighted by Gasteiger charge is 2.29. The van der Waals surface area contributed by atoms with Gasteiger partial charge in [0.05, 0.1) is 20.2 Å². The number of para-hydroxylation sites is 1. The van der Waals surface area contributed by atoms with Gasteiger partial charge in [0.25, 0.3) is 0 Å². The second-order valence-corrected chi connectivity index (χ2v) is 8.25. The van der Waals surface area contributed by atoms with Gasteiger partial charge in [-0.25, -0.2) is 0 Å². The van der Waals surface area contributed by atoms with Crippen LogP contribution in [0.1, 0.15) is 27.6 Å². The van der Waals surface area contributed by atoms with Gasteiger partial charge in [-0.15, -0.1) is 11.3 Å². The summed E-state index contributed by atoms with van der Waals surface area (Å²) in [5.41, 5.74) is 1.27. The van der Waals surface area contributed by atoms with Gasteiger partial charge in [0.1, 0.15) is 5.75 Å². The summed E-state index contributed by atoms with van der Waals surface area (Å²) >= 11 is 15.1. The lowest BCUT2D eigenvalue weighted by atomic mass is 9.90. The fourth-order valence-electron chi connectivity index (χ4n) is 2.37. The second-order valence-electron chi connectivity index (χ2n) is 4.45. The van der Waals surface area contributed by atoms with E-state index in [0.717, 1.165) is 27.6 Å². The Bertz CT molecular complexity index is 579. The lowest BCUT2D eigenvalue weighted by Gasteiger charge is -2.28. The van der Waals surface area contributed by atoms with E-state index < -0.39 is 0 Å². The van der Waals surface area contributed by atoms with E-state index in [2.05, 4.69) is 44.0 Å². The fraction of sp³-hybridized carbons (Fsp3) is 0.286. The molecule has 3 rings (SSSR count). The van der Waals surface area contributed by atoms with Gasteiger partial charge in [-0.1, -0.05) is 45.7 Å². The molecule has 0 fully saturated rings. The third kappa shape index (κ3) is 2.73. The van der Waals surface area contributed by atoms with Crippen LogP contribution in [0.5, 0.6) is 5.75 Å². The fourth-order valence-corrected chi connectivity index (χ4v) is 5.12. The Hall–Kier alpha value is -0.0300. The van der Waals surface area contributed by atoms with Crippen LogP contribution >= 0.6 is 54.8 Å². The van der Waals surface area contributed by atoms with E-state index >= 15 is 0 Å². The van der Waals surface area contributed by atoms with Crippen molar-refractivity contribution < 1.29 is 4.74 Å². The molecule has 2 heterocycles. The summed E-state index contributed by atoms with van der Waals surface area (Å²) < 4.78 is 6.71. The second kappa shape index (κ2) is 5.76. The molecule has 2 atom stereocenters. The predicted octanol–water partition coefficient (Wildman–Crippen LogP) is 6.17. The Labute approximate surface area is 138 Å². The molecule has 0 amide bonds. The van der Waals surface area contributed by atoms with Crippen LogP contribution in [-0.4, -0.2) is 6.61 Å². The van der Waals surface area contributed by atoms with E-state index in [1.54, 1.807) is 11.3 Å². The zero-order chi connectivity index (χ0) is 13.4. The quantitative estimate of drug-likeness (QED) is 0.526. The average molecular weight is 423 g/mol. The Morgan fingerprint density at radius 3 is 2.89 bits per heavy atom. The van der Waals surface area contributed by atoms with Crippen LogP contribution in [0.25, 0.3) is 0 Å². The van der Waals surface area contributed by atoms with Crippen LogP contribution in [0.4, 0.5) is 0 Å². The van der Waals surface area contributed by atoms with Gasteiger partial charge in [-0.3, -0.25) is 0 Å². The Balaban J connectivity index is 1.95. The van der Waals surface area contributed by atoms with Crippen LogP contribution in [0.15, 0.2) is 34.1 Å². The number of fused-ring (bicyclic) bond motifs is 1. The lowest BCUT2D eigenvalue weighted by Crippen LogP contribution is -2.17. The third-order valence-electron chi connectivity index (χ3n) is 3.29. The maximum absolute atomic E-state index is 6.13. The van der Waals surface area contributed by atoms with Gasteiger partial charge < -0.3 is 4.74 Å². The molecule has 0 spiro atoms. The minimum absolute atomic E-state index is 0.270. The molecule has 0 N–H and O–H groups in total. The van der Waals surface area contributed by atoms with E-state index in [1.165, 1.54) is 10.4 Å². The summed E-state index contributed by atoms with van der Waals surface area (Å²) in [6.07, 6.45) is 1.01. The minimum Gasteiger partial charge on any atom is -0.493 e. The Kier molecular flexibility index (Phi) is 4.22. The van der Waals surface area contributed by atoms with Crippen molar-refractivity contribution in [1.82, 2.24) is 0 Å². The van der Waals surface area contributed by atoms with Crippen molar-refractivity contribution in [3.05, 3.63) is 49.6 Å². The number of alkyl halides is 1. The van der Waals surface area contributed by atoms with Gasteiger partial charge in [0.2, 0.25) is 0 Å². The molecule has 1 aromatic carbocycles. The first-order valence-corrected chi connectivity index (χ1v) is 8.87. The summed E-state index contributed by atoms with van der Waals surface area (Å²) in [4.78, 5) is 1.52. The number of hydrogen-bond acceptors (Lipinski definition) is 2. The van der Waals surface area contributed by atoms with Crippen LogP contribution < -0.4 is 4.74 Å². The van der Waals surface area contributed by atoms with Crippen molar-refractivity contribution in [2.24, 2.45) is 0 Å². The van der Waals surface area contributed by atoms with Crippen LogP contribution in [0, 0.1) is 0 Å². The summed E-state index contributed by atoms with van der Waals surface area (Å²) in [5.74, 6) is 1.43. The van der Waals surface area contributed by atoms with Crippen LogP contribution in [-0.2, 0) is 0 Å². The van der Waals surface area contributed by atoms with Gasteiger partial charge in [-0.05, 0) is 40.0 Å². The predicted molar refractivity (Wildman–Crippen MR) is 88.0 cm³/mol. The number of ether oxygens (including phenoxy) is 1. The van der Waals surface area contributed by atoms with Crippen LogP contribution in [0.3, 0.4) is 0 Å². The molecule has 2 aromatic rings. The molecule has 1 nitrogen and oxygen atoms in total. The van der Waals surface area contributed by atoms with Gasteiger partial charge in [0.15, 0.2) is 0 Å². The molecule has 0 saturated carbocycles. The molecule has 0 bridgehead atoms. The zero-order valence-corrected chi connectivity index (χ0v) is 14.7. The summed E-state index contributed by atoms with van der Waals surface area (Å²) in [5, 5.41) is 0.782. The molecule has 2 unspecified atom stereocenters. The monoisotopic (exact) mass is 420 g/mol. The number of thiophene rings is 1. The van der Waals surface area contributed by atoms with Crippen molar-refractivity contribution in [3.8, 4) is 5.75 Å². The molecule has 0 radical (unpaired) electrons. The standard InChI is InChI=1S/C14H11Br2ClOS/c15-13(12-7-10(17)14(16)19-12)9-5-6-18-11-4-2-1-3-8(9)11/h1-4,7,9,13H,5-6H2. The highest BCUT2D eigenvalue weighted by Crippen LogP contribution is 2.49. The van der Waals surface area contributed by atoms with E-state index in [0.29, 0.717) is 5.92 Å².